The van der Waals surface area contributed by atoms with Crippen molar-refractivity contribution >= 4 is 26.5 Å². The Kier molecular flexibility index (Phi) is 6.31. The fraction of sp³-hybridized carbons (Fsp3) is 0.167. The van der Waals surface area contributed by atoms with Crippen LogP contribution in [0, 0.1) is 0 Å². The number of pyridine rings is 1. The molecule has 1 N–H and O–H groups in total. The number of aromatic nitrogens is 2. The number of nitrogens with zero attached hydrogens (tertiary/aromatic N) is 2. The van der Waals surface area contributed by atoms with Crippen LogP contribution in [-0.2, 0) is 16.2 Å². The van der Waals surface area contributed by atoms with E-state index in [0.29, 0.717) is 23.3 Å². The Bertz CT molecular complexity index is 1480. The van der Waals surface area contributed by atoms with E-state index in [1.54, 1.807) is 23.6 Å². The van der Waals surface area contributed by atoms with Crippen LogP contribution in [0.25, 0.3) is 11.1 Å². The number of nitrogens with one attached hydrogen (secondary N) is 1. The number of ether oxygens (including phenoxy) is 2. The van der Waals surface area contributed by atoms with Gasteiger partial charge in [-0.25, -0.2) is 13.4 Å². The monoisotopic (exact) mass is 533 g/mol. The number of rotatable bonds is 6. The molecular formula is C24H18F3N3O4S2. The van der Waals surface area contributed by atoms with Gasteiger partial charge >= 0.3 is 6.18 Å². The maximum Gasteiger partial charge on any atom is 0.416 e. The van der Waals surface area contributed by atoms with Gasteiger partial charge < -0.3 is 9.47 Å². The van der Waals surface area contributed by atoms with Crippen molar-refractivity contribution in [3.8, 4) is 22.6 Å². The number of halogens is 3. The van der Waals surface area contributed by atoms with Gasteiger partial charge in [0, 0.05) is 47.6 Å². The van der Waals surface area contributed by atoms with Crippen molar-refractivity contribution in [2.24, 2.45) is 0 Å². The summed E-state index contributed by atoms with van der Waals surface area (Å²) in [6.07, 6.45) is -0.180. The summed E-state index contributed by atoms with van der Waals surface area (Å²) < 4.78 is 80.0. The van der Waals surface area contributed by atoms with Crippen LogP contribution in [0.1, 0.15) is 23.7 Å². The summed E-state index contributed by atoms with van der Waals surface area (Å²) in [5.74, 6) is 0.583. The van der Waals surface area contributed by atoms with Gasteiger partial charge in [-0.15, -0.1) is 11.3 Å². The zero-order valence-electron chi connectivity index (χ0n) is 18.4. The van der Waals surface area contributed by atoms with Crippen molar-refractivity contribution in [2.75, 3.05) is 11.3 Å². The molecule has 0 bridgehead atoms. The summed E-state index contributed by atoms with van der Waals surface area (Å²) in [7, 11) is -3.89. The van der Waals surface area contributed by atoms with E-state index in [9.17, 15) is 21.6 Å². The highest BCUT2D eigenvalue weighted by Gasteiger charge is 2.32. The van der Waals surface area contributed by atoms with Crippen molar-refractivity contribution in [1.82, 2.24) is 9.97 Å². The average molecular weight is 534 g/mol. The molecule has 0 amide bonds. The van der Waals surface area contributed by atoms with Gasteiger partial charge in [-0.1, -0.05) is 6.07 Å². The van der Waals surface area contributed by atoms with E-state index in [-0.39, 0.29) is 27.9 Å². The molecule has 2 aromatic heterocycles. The molecular weight excluding hydrogens is 515 g/mol. The molecule has 5 rings (SSSR count). The van der Waals surface area contributed by atoms with Crippen LogP contribution in [0.15, 0.2) is 77.4 Å². The lowest BCUT2D eigenvalue weighted by Crippen LogP contribution is -2.20. The Balaban J connectivity index is 1.47. The largest absolute Gasteiger partial charge is 0.493 e. The van der Waals surface area contributed by atoms with Crippen molar-refractivity contribution in [2.45, 2.75) is 23.6 Å². The highest BCUT2D eigenvalue weighted by Crippen LogP contribution is 2.42. The lowest BCUT2D eigenvalue weighted by Gasteiger charge is -2.28. The molecule has 0 unspecified atom stereocenters. The molecule has 12 heteroatoms. The number of anilines is 1. The fourth-order valence-corrected chi connectivity index (χ4v) is 5.60. The first-order chi connectivity index (χ1) is 17.2. The Morgan fingerprint density at radius 1 is 1.06 bits per heavy atom. The molecule has 0 saturated heterocycles. The van der Waals surface area contributed by atoms with Crippen LogP contribution >= 0.6 is 11.3 Å². The first kappa shape index (κ1) is 24.1. The number of thiazole rings is 1. The Morgan fingerprint density at radius 3 is 2.58 bits per heavy atom. The molecule has 186 valence electrons. The molecule has 0 fully saturated rings. The van der Waals surface area contributed by atoms with Crippen LogP contribution in [-0.4, -0.2) is 25.0 Å². The maximum atomic E-state index is 13.4. The zero-order valence-corrected chi connectivity index (χ0v) is 20.0. The van der Waals surface area contributed by atoms with Crippen LogP contribution in [0.3, 0.4) is 0 Å². The molecule has 7 nitrogen and oxygen atoms in total. The Morgan fingerprint density at radius 2 is 1.86 bits per heavy atom. The topological polar surface area (TPSA) is 90.4 Å². The SMILES string of the molecule is O=S(=O)(Nc1nccs1)c1ccc2c(c1)OCC[C@H]2Oc1ccc(C(F)(F)F)cc1-c1ccncc1. The third-order valence-electron chi connectivity index (χ3n) is 5.50. The van der Waals surface area contributed by atoms with Crippen molar-refractivity contribution < 1.29 is 31.1 Å². The van der Waals surface area contributed by atoms with Crippen molar-refractivity contribution in [3.63, 3.8) is 0 Å². The second-order valence-electron chi connectivity index (χ2n) is 7.83. The van der Waals surface area contributed by atoms with Crippen LogP contribution < -0.4 is 14.2 Å². The van der Waals surface area contributed by atoms with E-state index < -0.39 is 27.9 Å². The summed E-state index contributed by atoms with van der Waals surface area (Å²) in [4.78, 5) is 7.85. The summed E-state index contributed by atoms with van der Waals surface area (Å²) in [5.41, 5.74) is 0.590. The van der Waals surface area contributed by atoms with Crippen molar-refractivity contribution in [3.05, 3.63) is 83.6 Å². The van der Waals surface area contributed by atoms with Gasteiger partial charge in [-0.3, -0.25) is 9.71 Å². The second-order valence-corrected chi connectivity index (χ2v) is 10.4. The lowest BCUT2D eigenvalue weighted by molar-refractivity contribution is -0.137. The fourth-order valence-electron chi connectivity index (χ4n) is 3.79. The minimum atomic E-state index is -4.51. The summed E-state index contributed by atoms with van der Waals surface area (Å²) in [6.45, 7) is 0.242. The number of alkyl halides is 3. The second kappa shape index (κ2) is 9.43. The van der Waals surface area contributed by atoms with E-state index in [4.69, 9.17) is 9.47 Å². The lowest BCUT2D eigenvalue weighted by atomic mass is 10.0. The van der Waals surface area contributed by atoms with Gasteiger partial charge in [0.15, 0.2) is 5.13 Å². The highest BCUT2D eigenvalue weighted by molar-refractivity contribution is 7.93. The van der Waals surface area contributed by atoms with Gasteiger partial charge in [0.1, 0.15) is 17.6 Å². The van der Waals surface area contributed by atoms with Gasteiger partial charge in [0.25, 0.3) is 10.0 Å². The molecule has 1 aliphatic heterocycles. The molecule has 0 saturated carbocycles. The maximum absolute atomic E-state index is 13.4. The number of fused-ring (bicyclic) bond motifs is 1. The molecule has 36 heavy (non-hydrogen) atoms. The standard InChI is InChI=1S/C24H18F3N3O4S2/c25-24(26,27)16-1-4-20(19(13-16)15-5-8-28-9-6-15)34-21-7-11-33-22-14-17(2-3-18(21)22)36(31,32)30-23-29-10-12-35-23/h1-6,8-10,12-14,21H,7,11H2,(H,29,30)/t21-/m1/s1. The van der Waals surface area contributed by atoms with Crippen LogP contribution in [0.5, 0.6) is 11.5 Å². The molecule has 3 heterocycles. The average Bonchev–Trinajstić information content (AvgIpc) is 3.36. The highest BCUT2D eigenvalue weighted by atomic mass is 32.2. The van der Waals surface area contributed by atoms with E-state index in [2.05, 4.69) is 14.7 Å². The number of hydrogen-bond donors (Lipinski definition) is 1. The normalized spacial score (nSPS) is 15.6. The van der Waals surface area contributed by atoms with E-state index in [1.807, 2.05) is 0 Å². The molecule has 4 aromatic rings. The summed E-state index contributed by atoms with van der Waals surface area (Å²) >= 11 is 1.15. The first-order valence-corrected chi connectivity index (χ1v) is 13.0. The van der Waals surface area contributed by atoms with E-state index >= 15 is 0 Å². The molecule has 1 aliphatic rings. The zero-order chi connectivity index (χ0) is 25.3. The molecule has 0 spiro atoms. The van der Waals surface area contributed by atoms with Gasteiger partial charge in [0.2, 0.25) is 0 Å². The third-order valence-corrected chi connectivity index (χ3v) is 7.66. The number of hydrogen-bond acceptors (Lipinski definition) is 7. The summed E-state index contributed by atoms with van der Waals surface area (Å²) in [5, 5.41) is 1.89. The molecule has 1 atom stereocenters. The number of benzene rings is 2. The number of sulfonamides is 1. The van der Waals surface area contributed by atoms with Crippen molar-refractivity contribution in [1.29, 1.82) is 0 Å². The third kappa shape index (κ3) is 5.00. The van der Waals surface area contributed by atoms with Gasteiger partial charge in [-0.2, -0.15) is 13.2 Å². The Labute approximate surface area is 208 Å². The predicted molar refractivity (Wildman–Crippen MR) is 128 cm³/mol. The molecule has 2 aromatic carbocycles. The quantitative estimate of drug-likeness (QED) is 0.331. The van der Waals surface area contributed by atoms with Crippen LogP contribution in [0.2, 0.25) is 0 Å². The Hall–Kier alpha value is -3.64. The minimum absolute atomic E-state index is 0.0101. The van der Waals surface area contributed by atoms with Gasteiger partial charge in [-0.05, 0) is 42.0 Å². The predicted octanol–water partition coefficient (Wildman–Crippen LogP) is 5.93. The van der Waals surface area contributed by atoms with E-state index in [1.165, 1.54) is 36.8 Å². The molecule has 0 aliphatic carbocycles. The minimum Gasteiger partial charge on any atom is -0.493 e. The summed E-state index contributed by atoms with van der Waals surface area (Å²) in [6, 6.07) is 10.9. The van der Waals surface area contributed by atoms with E-state index in [0.717, 1.165) is 23.5 Å². The first-order valence-electron chi connectivity index (χ1n) is 10.7. The smallest absolute Gasteiger partial charge is 0.416 e. The van der Waals surface area contributed by atoms with Gasteiger partial charge in [0.05, 0.1) is 17.1 Å². The van der Waals surface area contributed by atoms with Crippen LogP contribution in [0.4, 0.5) is 18.3 Å². The molecule has 0 radical (unpaired) electrons.